The molecule has 0 N–H and O–H groups in total. The third kappa shape index (κ3) is 4.22. The van der Waals surface area contributed by atoms with Crippen LogP contribution in [0.4, 0.5) is 0 Å². The summed E-state index contributed by atoms with van der Waals surface area (Å²) in [5.74, 6) is 1.15. The number of aromatic nitrogens is 1. The van der Waals surface area contributed by atoms with Crippen LogP contribution in [0, 0.1) is 11.8 Å². The quantitative estimate of drug-likeness (QED) is 0.838. The number of pyridine rings is 1. The minimum atomic E-state index is -1.25. The van der Waals surface area contributed by atoms with Gasteiger partial charge in [0.25, 0.3) is 5.91 Å². The van der Waals surface area contributed by atoms with Gasteiger partial charge < -0.3 is 4.90 Å². The fraction of sp³-hybridized carbons (Fsp3) is 0.667. The predicted octanol–water partition coefficient (Wildman–Crippen LogP) is 2.95. The Morgan fingerprint density at radius 2 is 1.83 bits per heavy atom. The van der Waals surface area contributed by atoms with Crippen molar-refractivity contribution in [2.24, 2.45) is 11.8 Å². The van der Waals surface area contributed by atoms with E-state index < -0.39 is 11.0 Å². The molecule has 1 amide bonds. The third-order valence-electron chi connectivity index (χ3n) is 4.56. The van der Waals surface area contributed by atoms with Crippen molar-refractivity contribution < 1.29 is 9.00 Å². The summed E-state index contributed by atoms with van der Waals surface area (Å²) in [5.41, 5.74) is 0.409. The highest BCUT2D eigenvalue weighted by Crippen LogP contribution is 2.25. The molecule has 0 spiro atoms. The van der Waals surface area contributed by atoms with E-state index >= 15 is 0 Å². The molecule has 134 valence electrons. The Bertz CT molecular complexity index is 579. The van der Waals surface area contributed by atoms with Crippen LogP contribution in [-0.2, 0) is 11.0 Å². The number of hydrogen-bond acceptors (Lipinski definition) is 3. The summed E-state index contributed by atoms with van der Waals surface area (Å²) in [5, 5.41) is 0.494. The van der Waals surface area contributed by atoms with Crippen molar-refractivity contribution in [1.29, 1.82) is 0 Å². The van der Waals surface area contributed by atoms with Crippen molar-refractivity contribution in [3.05, 3.63) is 23.9 Å². The van der Waals surface area contributed by atoms with Gasteiger partial charge in [0, 0.05) is 26.2 Å². The van der Waals surface area contributed by atoms with E-state index in [0.29, 0.717) is 22.6 Å². The SMILES string of the molecule is CC.CC(C)C1CN(C(=O)c2cccc(S(=O)N3CCCC3)n2)C1. The molecule has 0 radical (unpaired) electrons. The highest BCUT2D eigenvalue weighted by Gasteiger charge is 2.33. The molecular weight excluding hydrogens is 322 g/mol. The second kappa shape index (κ2) is 8.72. The zero-order valence-electron chi connectivity index (χ0n) is 15.2. The molecule has 1 aromatic heterocycles. The zero-order chi connectivity index (χ0) is 17.7. The van der Waals surface area contributed by atoms with Gasteiger partial charge in [-0.2, -0.15) is 0 Å². The van der Waals surface area contributed by atoms with Crippen molar-refractivity contribution in [2.75, 3.05) is 26.2 Å². The van der Waals surface area contributed by atoms with Gasteiger partial charge in [-0.3, -0.25) is 4.79 Å². The van der Waals surface area contributed by atoms with E-state index in [0.717, 1.165) is 39.0 Å². The number of amides is 1. The molecule has 0 aromatic carbocycles. The fourth-order valence-electron chi connectivity index (χ4n) is 2.88. The topological polar surface area (TPSA) is 53.5 Å². The number of carbonyl (C=O) groups is 1. The first kappa shape index (κ1) is 19.1. The maximum absolute atomic E-state index is 12.5. The lowest BCUT2D eigenvalue weighted by atomic mass is 9.88. The van der Waals surface area contributed by atoms with Crippen LogP contribution in [0.2, 0.25) is 0 Å². The predicted molar refractivity (Wildman–Crippen MR) is 97.0 cm³/mol. The third-order valence-corrected chi connectivity index (χ3v) is 5.98. The summed E-state index contributed by atoms with van der Waals surface area (Å²) in [4.78, 5) is 18.6. The second-order valence-corrected chi connectivity index (χ2v) is 7.89. The van der Waals surface area contributed by atoms with E-state index in [-0.39, 0.29) is 5.91 Å². The minimum absolute atomic E-state index is 0.0443. The van der Waals surface area contributed by atoms with E-state index in [4.69, 9.17) is 0 Å². The Labute approximate surface area is 148 Å². The molecule has 1 aromatic rings. The number of rotatable bonds is 4. The molecule has 0 bridgehead atoms. The lowest BCUT2D eigenvalue weighted by Gasteiger charge is -2.41. The molecule has 3 rings (SSSR count). The maximum Gasteiger partial charge on any atom is 0.272 e. The monoisotopic (exact) mass is 351 g/mol. The molecule has 2 aliphatic heterocycles. The number of nitrogens with zero attached hydrogens (tertiary/aromatic N) is 3. The van der Waals surface area contributed by atoms with Gasteiger partial charge in [0.05, 0.1) is 0 Å². The molecular formula is C18H29N3O2S. The van der Waals surface area contributed by atoms with E-state index in [1.807, 2.05) is 23.1 Å². The summed E-state index contributed by atoms with van der Waals surface area (Å²) in [7, 11) is -1.25. The highest BCUT2D eigenvalue weighted by atomic mass is 32.2. The van der Waals surface area contributed by atoms with Crippen molar-refractivity contribution in [3.63, 3.8) is 0 Å². The van der Waals surface area contributed by atoms with Crippen LogP contribution >= 0.6 is 0 Å². The van der Waals surface area contributed by atoms with Crippen molar-refractivity contribution in [2.45, 2.75) is 45.6 Å². The molecule has 6 heteroatoms. The Balaban J connectivity index is 0.00000100. The van der Waals surface area contributed by atoms with Crippen LogP contribution in [0.25, 0.3) is 0 Å². The molecule has 24 heavy (non-hydrogen) atoms. The summed E-state index contributed by atoms with van der Waals surface area (Å²) in [6.07, 6.45) is 2.16. The highest BCUT2D eigenvalue weighted by molar-refractivity contribution is 7.82. The number of carbonyl (C=O) groups excluding carboxylic acids is 1. The van der Waals surface area contributed by atoms with Gasteiger partial charge in [-0.1, -0.05) is 33.8 Å². The van der Waals surface area contributed by atoms with Crippen LogP contribution in [0.15, 0.2) is 23.2 Å². The second-order valence-electron chi connectivity index (χ2n) is 6.46. The van der Waals surface area contributed by atoms with E-state index in [1.54, 1.807) is 18.2 Å². The molecule has 3 heterocycles. The zero-order valence-corrected chi connectivity index (χ0v) is 16.0. The lowest BCUT2D eigenvalue weighted by molar-refractivity contribution is 0.0401. The molecule has 1 atom stereocenters. The van der Waals surface area contributed by atoms with Gasteiger partial charge in [0.1, 0.15) is 21.7 Å². The van der Waals surface area contributed by atoms with Gasteiger partial charge in [-0.25, -0.2) is 13.5 Å². The van der Waals surface area contributed by atoms with E-state index in [9.17, 15) is 9.00 Å². The Kier molecular flexibility index (Phi) is 6.92. The normalized spacial score (nSPS) is 19.6. The van der Waals surface area contributed by atoms with Gasteiger partial charge in [0.2, 0.25) is 0 Å². The molecule has 0 aliphatic carbocycles. The number of hydrogen-bond donors (Lipinski definition) is 0. The summed E-state index contributed by atoms with van der Waals surface area (Å²) in [6.45, 7) is 11.7. The van der Waals surface area contributed by atoms with Gasteiger partial charge in [-0.05, 0) is 36.8 Å². The first-order valence-corrected chi connectivity index (χ1v) is 10.1. The number of likely N-dealkylation sites (tertiary alicyclic amines) is 1. The lowest BCUT2D eigenvalue weighted by Crippen LogP contribution is -2.52. The maximum atomic E-state index is 12.5. The van der Waals surface area contributed by atoms with E-state index in [2.05, 4.69) is 18.8 Å². The van der Waals surface area contributed by atoms with Crippen LogP contribution in [0.3, 0.4) is 0 Å². The van der Waals surface area contributed by atoms with Crippen LogP contribution < -0.4 is 0 Å². The summed E-state index contributed by atoms with van der Waals surface area (Å²) >= 11 is 0. The fourth-order valence-corrected chi connectivity index (χ4v) is 4.11. The molecule has 2 saturated heterocycles. The van der Waals surface area contributed by atoms with E-state index in [1.165, 1.54) is 0 Å². The van der Waals surface area contributed by atoms with Crippen LogP contribution in [0.1, 0.15) is 51.0 Å². The standard InChI is InChI=1S/C16H23N3O2S.C2H6/c1-12(2)13-10-18(11-13)16(20)14-6-5-7-15(17-14)22(21)19-8-3-4-9-19;1-2/h5-7,12-13H,3-4,8-11H2,1-2H3;1-2H3. The molecule has 0 saturated carbocycles. The first-order valence-electron chi connectivity index (χ1n) is 8.99. The first-order chi connectivity index (χ1) is 11.6. The average molecular weight is 352 g/mol. The summed E-state index contributed by atoms with van der Waals surface area (Å²) < 4.78 is 14.4. The van der Waals surface area contributed by atoms with Crippen LogP contribution in [0.5, 0.6) is 0 Å². The smallest absolute Gasteiger partial charge is 0.272 e. The van der Waals surface area contributed by atoms with Gasteiger partial charge in [0.15, 0.2) is 0 Å². The minimum Gasteiger partial charge on any atom is -0.337 e. The van der Waals surface area contributed by atoms with Gasteiger partial charge in [-0.15, -0.1) is 0 Å². The largest absolute Gasteiger partial charge is 0.337 e. The van der Waals surface area contributed by atoms with Gasteiger partial charge >= 0.3 is 0 Å². The summed E-state index contributed by atoms with van der Waals surface area (Å²) in [6, 6.07) is 5.25. The Hall–Kier alpha value is -1.27. The Morgan fingerprint density at radius 3 is 2.42 bits per heavy atom. The molecule has 2 aliphatic rings. The molecule has 5 nitrogen and oxygen atoms in total. The van der Waals surface area contributed by atoms with Crippen molar-refractivity contribution >= 4 is 16.9 Å². The average Bonchev–Trinajstić information content (AvgIpc) is 3.09. The molecule has 2 fully saturated rings. The van der Waals surface area contributed by atoms with Crippen molar-refractivity contribution in [3.8, 4) is 0 Å². The Morgan fingerprint density at radius 1 is 1.21 bits per heavy atom. The van der Waals surface area contributed by atoms with Crippen molar-refractivity contribution in [1.82, 2.24) is 14.2 Å². The molecule has 1 unspecified atom stereocenters. The van der Waals surface area contributed by atoms with Crippen LogP contribution in [-0.4, -0.2) is 50.5 Å².